The van der Waals surface area contributed by atoms with Crippen LogP contribution in [0.15, 0.2) is 0 Å². The maximum atomic E-state index is 12.7. The molecule has 1 N–H and O–H groups in total. The van der Waals surface area contributed by atoms with Crippen molar-refractivity contribution < 1.29 is 29.0 Å². The van der Waals surface area contributed by atoms with Crippen molar-refractivity contribution in [2.24, 2.45) is 0 Å². The lowest BCUT2D eigenvalue weighted by molar-refractivity contribution is -0.120. The molecule has 0 radical (unpaired) electrons. The summed E-state index contributed by atoms with van der Waals surface area (Å²) < 4.78 is 11.1. The molecule has 1 amide bonds. The third kappa shape index (κ3) is 2.63. The Morgan fingerprint density at radius 1 is 1.33 bits per heavy atom. The smallest absolute Gasteiger partial charge is 0.362 e. The van der Waals surface area contributed by atoms with E-state index in [1.54, 1.807) is 0 Å². The van der Waals surface area contributed by atoms with Crippen molar-refractivity contribution in [3.63, 3.8) is 0 Å². The first kappa shape index (κ1) is 16.4. The summed E-state index contributed by atoms with van der Waals surface area (Å²) in [6, 6.07) is 0. The fourth-order valence-electron chi connectivity index (χ4n) is 2.95. The number of morpholine rings is 1. The predicted octanol–water partition coefficient (Wildman–Crippen LogP) is -1.31. The largest absolute Gasteiger partial charge is 0.503 e. The third-order valence-electron chi connectivity index (χ3n) is 4.18. The number of aldehydes is 1. The van der Waals surface area contributed by atoms with Gasteiger partial charge in [0.2, 0.25) is 5.69 Å². The van der Waals surface area contributed by atoms with E-state index in [4.69, 9.17) is 4.74 Å². The van der Waals surface area contributed by atoms with Gasteiger partial charge >= 0.3 is 5.97 Å². The molecule has 1 unspecified atom stereocenters. The summed E-state index contributed by atoms with van der Waals surface area (Å²) >= 11 is 0. The Morgan fingerprint density at radius 3 is 2.67 bits per heavy atom. The van der Waals surface area contributed by atoms with Crippen LogP contribution in [0.3, 0.4) is 0 Å². The topological polar surface area (TPSA) is 114 Å². The van der Waals surface area contributed by atoms with Crippen molar-refractivity contribution in [3.8, 4) is 5.75 Å². The van der Waals surface area contributed by atoms with Gasteiger partial charge in [0.25, 0.3) is 5.91 Å². The summed E-state index contributed by atoms with van der Waals surface area (Å²) in [5.74, 6) is -1.90. The average molecular weight is 338 g/mol. The number of methoxy groups -OCH3 is 1. The molecule has 1 saturated heterocycles. The second-order valence-corrected chi connectivity index (χ2v) is 5.46. The molecule has 3 rings (SSSR count). The van der Waals surface area contributed by atoms with Crippen LogP contribution in [-0.4, -0.2) is 89.0 Å². The molecule has 0 spiro atoms. The highest BCUT2D eigenvalue weighted by molar-refractivity contribution is 6.01. The zero-order valence-corrected chi connectivity index (χ0v) is 13.2. The van der Waals surface area contributed by atoms with Crippen molar-refractivity contribution >= 4 is 18.2 Å². The second kappa shape index (κ2) is 6.57. The van der Waals surface area contributed by atoms with E-state index < -0.39 is 23.8 Å². The van der Waals surface area contributed by atoms with Gasteiger partial charge in [-0.25, -0.2) is 4.79 Å². The van der Waals surface area contributed by atoms with Gasteiger partial charge in [-0.05, 0) is 0 Å². The van der Waals surface area contributed by atoms with Gasteiger partial charge in [-0.3, -0.25) is 19.2 Å². The third-order valence-corrected chi connectivity index (χ3v) is 4.18. The molecule has 3 heterocycles. The summed E-state index contributed by atoms with van der Waals surface area (Å²) in [6.45, 7) is 2.55. The summed E-state index contributed by atoms with van der Waals surface area (Å²) in [5.41, 5.74) is -0.418. The van der Waals surface area contributed by atoms with Gasteiger partial charge in [-0.1, -0.05) is 0 Å². The maximum Gasteiger partial charge on any atom is 0.362 e. The van der Waals surface area contributed by atoms with Gasteiger partial charge in [0.15, 0.2) is 17.7 Å². The van der Waals surface area contributed by atoms with E-state index in [1.807, 2.05) is 4.90 Å². The van der Waals surface area contributed by atoms with Crippen molar-refractivity contribution in [2.75, 3.05) is 40.0 Å². The quantitative estimate of drug-likeness (QED) is 0.532. The van der Waals surface area contributed by atoms with Gasteiger partial charge in [-0.15, -0.1) is 0 Å². The highest BCUT2D eigenvalue weighted by atomic mass is 16.5. The van der Waals surface area contributed by atoms with E-state index in [-0.39, 0.29) is 24.5 Å². The summed E-state index contributed by atoms with van der Waals surface area (Å²) in [5, 5.41) is 14.1. The van der Waals surface area contributed by atoms with Gasteiger partial charge in [0.1, 0.15) is 6.17 Å². The molecule has 2 aliphatic rings. The molecule has 0 saturated carbocycles. The van der Waals surface area contributed by atoms with E-state index >= 15 is 0 Å². The number of carbonyl (C=O) groups is 3. The first-order valence-corrected chi connectivity index (χ1v) is 7.54. The molecule has 1 aromatic heterocycles. The molecule has 0 aromatic carbocycles. The summed E-state index contributed by atoms with van der Waals surface area (Å²) in [4.78, 5) is 39.1. The number of ether oxygens (including phenoxy) is 2. The Hall–Kier alpha value is -2.46. The van der Waals surface area contributed by atoms with Crippen LogP contribution in [0.25, 0.3) is 0 Å². The Kier molecular flexibility index (Phi) is 4.49. The van der Waals surface area contributed by atoms with Gasteiger partial charge < -0.3 is 19.5 Å². The van der Waals surface area contributed by atoms with Crippen LogP contribution in [0.4, 0.5) is 0 Å². The number of nitrogens with zero attached hydrogens (tertiary/aromatic N) is 4. The van der Waals surface area contributed by atoms with Crippen molar-refractivity contribution in [3.05, 3.63) is 11.4 Å². The van der Waals surface area contributed by atoms with E-state index in [9.17, 15) is 19.5 Å². The minimum Gasteiger partial charge on any atom is -0.503 e. The Bertz CT molecular complexity index is 666. The number of rotatable bonds is 4. The number of carbonyl (C=O) groups excluding carboxylic acids is 3. The lowest BCUT2D eigenvalue weighted by Crippen LogP contribution is -2.57. The van der Waals surface area contributed by atoms with Crippen LogP contribution >= 0.6 is 0 Å². The molecule has 24 heavy (non-hydrogen) atoms. The van der Waals surface area contributed by atoms with Crippen molar-refractivity contribution in [1.29, 1.82) is 0 Å². The summed E-state index contributed by atoms with van der Waals surface area (Å²) in [7, 11) is 1.16. The average Bonchev–Trinajstić information content (AvgIpc) is 2.95. The van der Waals surface area contributed by atoms with Gasteiger partial charge in [0, 0.05) is 19.6 Å². The standard InChI is InChI=1S/C14H18N4O6/c1-23-14(22)10-12(20)11-13(21)17(2-3-18(11)15-10)9(8-19)16-4-6-24-7-5-16/h8-9,20H,2-7H2,1H3. The first-order chi connectivity index (χ1) is 11.6. The number of aromatic nitrogens is 2. The van der Waals surface area contributed by atoms with Crippen LogP contribution in [0.2, 0.25) is 0 Å². The van der Waals surface area contributed by atoms with Crippen molar-refractivity contribution in [2.45, 2.75) is 12.7 Å². The lowest BCUT2D eigenvalue weighted by atomic mass is 10.2. The monoisotopic (exact) mass is 338 g/mol. The number of aromatic hydroxyl groups is 1. The number of esters is 1. The first-order valence-electron chi connectivity index (χ1n) is 7.54. The SMILES string of the molecule is COC(=O)c1nn2c(c1O)C(=O)N(C(C=O)N1CCOCC1)CC2. The molecule has 2 aliphatic heterocycles. The molecule has 1 fully saturated rings. The fraction of sp³-hybridized carbons (Fsp3) is 0.571. The molecule has 1 aromatic rings. The van der Waals surface area contributed by atoms with Crippen LogP contribution in [0, 0.1) is 0 Å². The maximum absolute atomic E-state index is 12.7. The minimum atomic E-state index is -0.825. The molecule has 10 nitrogen and oxygen atoms in total. The Balaban J connectivity index is 1.89. The minimum absolute atomic E-state index is 0.109. The highest BCUT2D eigenvalue weighted by Crippen LogP contribution is 2.28. The van der Waals surface area contributed by atoms with Crippen LogP contribution in [0.1, 0.15) is 21.0 Å². The number of hydrogen-bond donors (Lipinski definition) is 1. The van der Waals surface area contributed by atoms with Crippen LogP contribution < -0.4 is 0 Å². The molecule has 0 bridgehead atoms. The zero-order valence-electron chi connectivity index (χ0n) is 13.2. The molecule has 1 atom stereocenters. The van der Waals surface area contributed by atoms with E-state index in [1.165, 1.54) is 9.58 Å². The summed E-state index contributed by atoms with van der Waals surface area (Å²) in [6.07, 6.45) is -0.0425. The lowest BCUT2D eigenvalue weighted by Gasteiger charge is -2.39. The number of fused-ring (bicyclic) bond motifs is 1. The van der Waals surface area contributed by atoms with E-state index in [2.05, 4.69) is 9.84 Å². The molecule has 130 valence electrons. The molecular formula is C14H18N4O6. The zero-order chi connectivity index (χ0) is 17.3. The number of amides is 1. The van der Waals surface area contributed by atoms with E-state index in [0.29, 0.717) is 32.6 Å². The molecule has 0 aliphatic carbocycles. The predicted molar refractivity (Wildman–Crippen MR) is 78.5 cm³/mol. The Morgan fingerprint density at radius 2 is 2.04 bits per heavy atom. The van der Waals surface area contributed by atoms with Crippen LogP contribution in [-0.2, 0) is 20.8 Å². The molecule has 10 heteroatoms. The van der Waals surface area contributed by atoms with Gasteiger partial charge in [-0.2, -0.15) is 5.10 Å². The molecular weight excluding hydrogens is 320 g/mol. The van der Waals surface area contributed by atoms with Crippen LogP contribution in [0.5, 0.6) is 5.75 Å². The Labute approximate surface area is 137 Å². The normalized spacial score (nSPS) is 19.7. The van der Waals surface area contributed by atoms with E-state index in [0.717, 1.165) is 7.11 Å². The van der Waals surface area contributed by atoms with Gasteiger partial charge in [0.05, 0.1) is 26.9 Å². The fourth-order valence-corrected chi connectivity index (χ4v) is 2.95. The number of hydrogen-bond acceptors (Lipinski definition) is 8. The second-order valence-electron chi connectivity index (χ2n) is 5.46. The van der Waals surface area contributed by atoms with Crippen molar-refractivity contribution in [1.82, 2.24) is 19.6 Å². The highest BCUT2D eigenvalue weighted by Gasteiger charge is 2.38.